The molecule has 0 radical (unpaired) electrons. The van der Waals surface area contributed by atoms with Gasteiger partial charge >= 0.3 is 0 Å². The lowest BCUT2D eigenvalue weighted by Crippen LogP contribution is -2.16. The molecule has 15 heavy (non-hydrogen) atoms. The summed E-state index contributed by atoms with van der Waals surface area (Å²) >= 11 is 0. The minimum absolute atomic E-state index is 0.183. The number of ether oxygens (including phenoxy) is 1. The van der Waals surface area contributed by atoms with E-state index in [1.807, 2.05) is 26.1 Å². The summed E-state index contributed by atoms with van der Waals surface area (Å²) < 4.78 is 7.29. The van der Waals surface area contributed by atoms with E-state index in [0.717, 1.165) is 24.7 Å². The molecule has 0 saturated heterocycles. The average Bonchev–Trinajstić information content (AvgIpc) is 2.55. The number of rotatable bonds is 6. The lowest BCUT2D eigenvalue weighted by atomic mass is 10.4. The van der Waals surface area contributed by atoms with Crippen LogP contribution in [0.2, 0.25) is 0 Å². The van der Waals surface area contributed by atoms with Crippen LogP contribution in [0.15, 0.2) is 18.9 Å². The summed E-state index contributed by atoms with van der Waals surface area (Å²) in [5.74, 6) is 0.872. The summed E-state index contributed by atoms with van der Waals surface area (Å²) in [5, 5.41) is 3.19. The highest BCUT2D eigenvalue weighted by molar-refractivity contribution is 5.29. The zero-order valence-electron chi connectivity index (χ0n) is 9.66. The zero-order valence-corrected chi connectivity index (χ0v) is 9.66. The number of methoxy groups -OCH3 is 1. The second-order valence-electron chi connectivity index (χ2n) is 3.57. The van der Waals surface area contributed by atoms with Crippen molar-refractivity contribution in [2.24, 2.45) is 0 Å². The third-order valence-corrected chi connectivity index (χ3v) is 2.16. The maximum Gasteiger partial charge on any atom is 0.203 e. The number of hydrogen-bond acceptors (Lipinski definition) is 3. The molecule has 1 rings (SSSR count). The largest absolute Gasteiger partial charge is 0.380 e. The molecule has 1 aromatic heterocycles. The quantitative estimate of drug-likeness (QED) is 0.726. The van der Waals surface area contributed by atoms with E-state index >= 15 is 0 Å². The average molecular weight is 209 g/mol. The molecule has 0 bridgehead atoms. The third-order valence-electron chi connectivity index (χ3n) is 2.16. The topological polar surface area (TPSA) is 39.1 Å². The predicted molar refractivity (Wildman–Crippen MR) is 62.1 cm³/mol. The summed E-state index contributed by atoms with van der Waals surface area (Å²) in [6.45, 7) is 9.20. The summed E-state index contributed by atoms with van der Waals surface area (Å²) in [5.41, 5.74) is 1.00. The van der Waals surface area contributed by atoms with Gasteiger partial charge in [-0.05, 0) is 13.8 Å². The van der Waals surface area contributed by atoms with E-state index in [1.54, 1.807) is 7.11 Å². The number of aromatic nitrogens is 2. The smallest absolute Gasteiger partial charge is 0.203 e. The maximum atomic E-state index is 5.23. The first-order valence-corrected chi connectivity index (χ1v) is 5.08. The van der Waals surface area contributed by atoms with E-state index in [2.05, 4.69) is 21.4 Å². The van der Waals surface area contributed by atoms with Gasteiger partial charge in [0, 0.05) is 19.9 Å². The number of nitrogens with one attached hydrogen (secondary N) is 1. The predicted octanol–water partition coefficient (Wildman–Crippen LogP) is 1.82. The maximum absolute atomic E-state index is 5.23. The summed E-state index contributed by atoms with van der Waals surface area (Å²) in [4.78, 5) is 4.38. The Hall–Kier alpha value is -1.29. The van der Waals surface area contributed by atoms with E-state index < -0.39 is 0 Å². The van der Waals surface area contributed by atoms with Crippen LogP contribution in [0, 0.1) is 6.92 Å². The number of hydrogen-bond donors (Lipinski definition) is 1. The van der Waals surface area contributed by atoms with Crippen LogP contribution in [0.5, 0.6) is 0 Å². The van der Waals surface area contributed by atoms with E-state index in [9.17, 15) is 0 Å². The van der Waals surface area contributed by atoms with Gasteiger partial charge in [0.25, 0.3) is 0 Å². The first kappa shape index (κ1) is 11.8. The molecule has 1 atom stereocenters. The van der Waals surface area contributed by atoms with Crippen LogP contribution < -0.4 is 5.32 Å². The van der Waals surface area contributed by atoms with Gasteiger partial charge in [0.15, 0.2) is 0 Å². The molecule has 84 valence electrons. The molecular formula is C11H19N3O. The van der Waals surface area contributed by atoms with Gasteiger partial charge in [-0.25, -0.2) is 4.98 Å². The number of anilines is 1. The Bertz CT molecular complexity index is 320. The van der Waals surface area contributed by atoms with Gasteiger partial charge in [0.2, 0.25) is 5.95 Å². The lowest BCUT2D eigenvalue weighted by molar-refractivity contribution is 0.104. The zero-order chi connectivity index (χ0) is 11.3. The fourth-order valence-electron chi connectivity index (χ4n) is 1.34. The van der Waals surface area contributed by atoms with Gasteiger partial charge < -0.3 is 14.6 Å². The SMILES string of the molecule is C=CCNc1nc(C)cn1CC(C)OC. The first-order chi connectivity index (χ1) is 7.17. The van der Waals surface area contributed by atoms with Crippen molar-refractivity contribution >= 4 is 5.95 Å². The van der Waals surface area contributed by atoms with Crippen molar-refractivity contribution < 1.29 is 4.74 Å². The molecular weight excluding hydrogens is 190 g/mol. The van der Waals surface area contributed by atoms with Gasteiger partial charge in [-0.15, -0.1) is 6.58 Å². The molecule has 0 saturated carbocycles. The highest BCUT2D eigenvalue weighted by Crippen LogP contribution is 2.09. The van der Waals surface area contributed by atoms with Crippen molar-refractivity contribution in [2.45, 2.75) is 26.5 Å². The molecule has 0 aliphatic rings. The van der Waals surface area contributed by atoms with Gasteiger partial charge in [-0.2, -0.15) is 0 Å². The Balaban J connectivity index is 2.71. The molecule has 1 unspecified atom stereocenters. The Kier molecular flexibility index (Phi) is 4.37. The van der Waals surface area contributed by atoms with E-state index in [-0.39, 0.29) is 6.10 Å². The molecule has 1 heterocycles. The van der Waals surface area contributed by atoms with Crippen LogP contribution >= 0.6 is 0 Å². The summed E-state index contributed by atoms with van der Waals surface area (Å²) in [6.07, 6.45) is 4.01. The van der Waals surface area contributed by atoms with Gasteiger partial charge in [-0.3, -0.25) is 0 Å². The summed E-state index contributed by atoms with van der Waals surface area (Å²) in [6, 6.07) is 0. The van der Waals surface area contributed by atoms with Crippen LogP contribution in [0.3, 0.4) is 0 Å². The fourth-order valence-corrected chi connectivity index (χ4v) is 1.34. The van der Waals surface area contributed by atoms with Crippen LogP contribution in [0.4, 0.5) is 5.95 Å². The summed E-state index contributed by atoms with van der Waals surface area (Å²) in [7, 11) is 1.71. The Morgan fingerprint density at radius 3 is 3.07 bits per heavy atom. The number of nitrogens with zero attached hydrogens (tertiary/aromatic N) is 2. The molecule has 4 heteroatoms. The van der Waals surface area contributed by atoms with Crippen molar-refractivity contribution in [2.75, 3.05) is 19.0 Å². The van der Waals surface area contributed by atoms with Gasteiger partial charge in [0.05, 0.1) is 18.3 Å². The Morgan fingerprint density at radius 2 is 2.47 bits per heavy atom. The molecule has 4 nitrogen and oxygen atoms in total. The van der Waals surface area contributed by atoms with Crippen LogP contribution in [-0.2, 0) is 11.3 Å². The highest BCUT2D eigenvalue weighted by Gasteiger charge is 2.07. The number of aryl methyl sites for hydroxylation is 1. The number of imidazole rings is 1. The minimum atomic E-state index is 0.183. The van der Waals surface area contributed by atoms with Gasteiger partial charge in [-0.1, -0.05) is 6.08 Å². The lowest BCUT2D eigenvalue weighted by Gasteiger charge is -2.12. The third kappa shape index (κ3) is 3.40. The van der Waals surface area contributed by atoms with E-state index in [0.29, 0.717) is 0 Å². The Morgan fingerprint density at radius 1 is 1.73 bits per heavy atom. The fraction of sp³-hybridized carbons (Fsp3) is 0.545. The molecule has 1 aromatic rings. The van der Waals surface area contributed by atoms with Crippen LogP contribution in [0.1, 0.15) is 12.6 Å². The molecule has 0 aliphatic carbocycles. The van der Waals surface area contributed by atoms with Crippen molar-refractivity contribution in [3.05, 3.63) is 24.5 Å². The van der Waals surface area contributed by atoms with Crippen molar-refractivity contribution in [3.63, 3.8) is 0 Å². The van der Waals surface area contributed by atoms with E-state index in [4.69, 9.17) is 4.74 Å². The van der Waals surface area contributed by atoms with Gasteiger partial charge in [0.1, 0.15) is 0 Å². The minimum Gasteiger partial charge on any atom is -0.380 e. The standard InChI is InChI=1S/C11H19N3O/c1-5-6-12-11-13-9(2)7-14(11)8-10(3)15-4/h5,7,10H,1,6,8H2,2-4H3,(H,12,13). The molecule has 0 amide bonds. The second kappa shape index (κ2) is 5.56. The van der Waals surface area contributed by atoms with Crippen LogP contribution in [-0.4, -0.2) is 29.3 Å². The van der Waals surface area contributed by atoms with E-state index in [1.165, 1.54) is 0 Å². The first-order valence-electron chi connectivity index (χ1n) is 5.08. The molecule has 0 aliphatic heterocycles. The van der Waals surface area contributed by atoms with Crippen molar-refractivity contribution in [1.82, 2.24) is 9.55 Å². The monoisotopic (exact) mass is 209 g/mol. The van der Waals surface area contributed by atoms with Crippen LogP contribution in [0.25, 0.3) is 0 Å². The molecule has 0 fully saturated rings. The molecule has 0 aromatic carbocycles. The van der Waals surface area contributed by atoms with Crippen molar-refractivity contribution in [1.29, 1.82) is 0 Å². The van der Waals surface area contributed by atoms with Crippen molar-refractivity contribution in [3.8, 4) is 0 Å². The molecule has 0 spiro atoms. The molecule has 1 N–H and O–H groups in total. The normalized spacial score (nSPS) is 12.5. The Labute approximate surface area is 91.0 Å². The second-order valence-corrected chi connectivity index (χ2v) is 3.57. The highest BCUT2D eigenvalue weighted by atomic mass is 16.5.